The van der Waals surface area contributed by atoms with Crippen LogP contribution in [0.15, 0.2) is 54.7 Å². The smallest absolute Gasteiger partial charge is 0.175 e. The van der Waals surface area contributed by atoms with E-state index >= 15 is 0 Å². The second kappa shape index (κ2) is 4.29. The van der Waals surface area contributed by atoms with E-state index in [0.717, 1.165) is 18.4 Å². The molecule has 3 heteroatoms. The van der Waals surface area contributed by atoms with Crippen molar-refractivity contribution in [2.45, 2.75) is 18.3 Å². The van der Waals surface area contributed by atoms with E-state index in [9.17, 15) is 9.18 Å². The van der Waals surface area contributed by atoms with Crippen molar-refractivity contribution in [3.8, 4) is 0 Å². The van der Waals surface area contributed by atoms with Crippen LogP contribution in [0.1, 0.15) is 28.8 Å². The summed E-state index contributed by atoms with van der Waals surface area (Å²) in [6, 6.07) is 14.6. The SMILES string of the molecule is O=C(c1c[nH]c2cccc(F)c12)C1(c2ccccc2)CC1. The van der Waals surface area contributed by atoms with Gasteiger partial charge in [-0.1, -0.05) is 36.4 Å². The molecule has 0 aliphatic heterocycles. The highest BCUT2D eigenvalue weighted by Gasteiger charge is 2.51. The van der Waals surface area contributed by atoms with Gasteiger partial charge in [-0.15, -0.1) is 0 Å². The maximum absolute atomic E-state index is 14.1. The summed E-state index contributed by atoms with van der Waals surface area (Å²) in [5, 5.41) is 0.407. The van der Waals surface area contributed by atoms with Crippen molar-refractivity contribution in [2.24, 2.45) is 0 Å². The zero-order chi connectivity index (χ0) is 14.4. The molecule has 0 amide bonds. The number of fused-ring (bicyclic) bond motifs is 1. The average Bonchev–Trinajstić information content (AvgIpc) is 3.21. The summed E-state index contributed by atoms with van der Waals surface area (Å²) in [5.74, 6) is -0.328. The second-order valence-corrected chi connectivity index (χ2v) is 5.64. The van der Waals surface area contributed by atoms with Gasteiger partial charge >= 0.3 is 0 Å². The van der Waals surface area contributed by atoms with E-state index in [4.69, 9.17) is 0 Å². The van der Waals surface area contributed by atoms with Crippen molar-refractivity contribution < 1.29 is 9.18 Å². The maximum Gasteiger partial charge on any atom is 0.175 e. The number of Topliss-reactive ketones (excluding diaryl/α,β-unsaturated/α-hetero) is 1. The Hall–Kier alpha value is -2.42. The molecule has 0 atom stereocenters. The fourth-order valence-electron chi connectivity index (χ4n) is 3.11. The van der Waals surface area contributed by atoms with E-state index in [0.29, 0.717) is 16.5 Å². The average molecular weight is 279 g/mol. The van der Waals surface area contributed by atoms with Crippen LogP contribution in [0.4, 0.5) is 4.39 Å². The van der Waals surface area contributed by atoms with E-state index in [1.807, 2.05) is 30.3 Å². The summed E-state index contributed by atoms with van der Waals surface area (Å²) in [4.78, 5) is 16.0. The lowest BCUT2D eigenvalue weighted by Crippen LogP contribution is -2.20. The van der Waals surface area contributed by atoms with Gasteiger partial charge in [0.25, 0.3) is 0 Å². The number of carbonyl (C=O) groups is 1. The lowest BCUT2D eigenvalue weighted by Gasteiger charge is -2.14. The van der Waals surface area contributed by atoms with Gasteiger partial charge in [-0.2, -0.15) is 0 Å². The number of nitrogens with one attached hydrogen (secondary N) is 1. The molecule has 3 aromatic rings. The molecule has 0 radical (unpaired) electrons. The molecule has 1 saturated carbocycles. The van der Waals surface area contributed by atoms with E-state index in [2.05, 4.69) is 4.98 Å². The van der Waals surface area contributed by atoms with Crippen molar-refractivity contribution in [3.05, 3.63) is 71.7 Å². The topological polar surface area (TPSA) is 32.9 Å². The zero-order valence-electron chi connectivity index (χ0n) is 11.4. The van der Waals surface area contributed by atoms with Gasteiger partial charge in [-0.25, -0.2) is 4.39 Å². The summed E-state index contributed by atoms with van der Waals surface area (Å²) in [5.41, 5.74) is 1.70. The number of carbonyl (C=O) groups excluding carboxylic acids is 1. The van der Waals surface area contributed by atoms with Crippen molar-refractivity contribution in [1.82, 2.24) is 4.98 Å². The molecule has 0 bridgehead atoms. The number of aromatic nitrogens is 1. The fraction of sp³-hybridized carbons (Fsp3) is 0.167. The van der Waals surface area contributed by atoms with Gasteiger partial charge in [0.1, 0.15) is 5.82 Å². The minimum atomic E-state index is -0.460. The molecule has 0 saturated heterocycles. The lowest BCUT2D eigenvalue weighted by atomic mass is 9.87. The first-order chi connectivity index (χ1) is 10.2. The molecule has 0 spiro atoms. The number of H-pyrrole nitrogens is 1. The summed E-state index contributed by atoms with van der Waals surface area (Å²) in [6.07, 6.45) is 3.30. The molecule has 104 valence electrons. The molecule has 2 aromatic carbocycles. The third-order valence-corrected chi connectivity index (χ3v) is 4.41. The maximum atomic E-state index is 14.1. The third-order valence-electron chi connectivity index (χ3n) is 4.41. The zero-order valence-corrected chi connectivity index (χ0v) is 11.4. The summed E-state index contributed by atoms with van der Waals surface area (Å²) < 4.78 is 14.1. The number of rotatable bonds is 3. The highest BCUT2D eigenvalue weighted by atomic mass is 19.1. The largest absolute Gasteiger partial charge is 0.360 e. The number of ketones is 1. The van der Waals surface area contributed by atoms with Crippen molar-refractivity contribution in [2.75, 3.05) is 0 Å². The molecule has 1 heterocycles. The summed E-state index contributed by atoms with van der Waals surface area (Å²) in [6.45, 7) is 0. The predicted molar refractivity (Wildman–Crippen MR) is 79.9 cm³/mol. The highest BCUT2D eigenvalue weighted by Crippen LogP contribution is 2.51. The Bertz CT molecular complexity index is 831. The normalized spacial score (nSPS) is 16.0. The van der Waals surface area contributed by atoms with Gasteiger partial charge in [-0.3, -0.25) is 4.79 Å². The quantitative estimate of drug-likeness (QED) is 0.715. The molecule has 1 aliphatic carbocycles. The first-order valence-corrected chi connectivity index (χ1v) is 7.08. The summed E-state index contributed by atoms with van der Waals surface area (Å²) >= 11 is 0. The van der Waals surface area contributed by atoms with Crippen molar-refractivity contribution >= 4 is 16.7 Å². The molecular formula is C18H14FNO. The van der Waals surface area contributed by atoms with E-state index in [-0.39, 0.29) is 11.6 Å². The van der Waals surface area contributed by atoms with Crippen LogP contribution >= 0.6 is 0 Å². The second-order valence-electron chi connectivity index (χ2n) is 5.64. The minimum Gasteiger partial charge on any atom is -0.360 e. The van der Waals surface area contributed by atoms with Gasteiger partial charge in [0.05, 0.1) is 5.41 Å². The van der Waals surface area contributed by atoms with E-state index in [1.54, 1.807) is 18.3 Å². The first-order valence-electron chi connectivity index (χ1n) is 7.08. The number of hydrogen-bond acceptors (Lipinski definition) is 1. The van der Waals surface area contributed by atoms with Crippen LogP contribution in [0.25, 0.3) is 10.9 Å². The Morgan fingerprint density at radius 2 is 1.81 bits per heavy atom. The van der Waals surface area contributed by atoms with Gasteiger partial charge in [0.15, 0.2) is 5.78 Å². The number of halogens is 1. The van der Waals surface area contributed by atoms with Crippen LogP contribution in [0, 0.1) is 5.82 Å². The first kappa shape index (κ1) is 12.3. The molecule has 1 N–H and O–H groups in total. The monoisotopic (exact) mass is 279 g/mol. The Labute approximate surface area is 121 Å². The van der Waals surface area contributed by atoms with Gasteiger partial charge < -0.3 is 4.98 Å². The highest BCUT2D eigenvalue weighted by molar-refractivity contribution is 6.14. The van der Waals surface area contributed by atoms with Crippen molar-refractivity contribution in [3.63, 3.8) is 0 Å². The Morgan fingerprint density at radius 1 is 1.05 bits per heavy atom. The van der Waals surface area contributed by atoms with Gasteiger partial charge in [0.2, 0.25) is 0 Å². The molecule has 0 unspecified atom stereocenters. The molecule has 1 aromatic heterocycles. The van der Waals surface area contributed by atoms with Gasteiger partial charge in [-0.05, 0) is 30.5 Å². The van der Waals surface area contributed by atoms with E-state index < -0.39 is 5.41 Å². The number of aromatic amines is 1. The fourth-order valence-corrected chi connectivity index (χ4v) is 3.11. The molecule has 1 fully saturated rings. The van der Waals surface area contributed by atoms with Crippen LogP contribution in [-0.2, 0) is 5.41 Å². The molecule has 21 heavy (non-hydrogen) atoms. The minimum absolute atomic E-state index is 0.0186. The van der Waals surface area contributed by atoms with Gasteiger partial charge in [0, 0.05) is 22.7 Å². The van der Waals surface area contributed by atoms with Crippen LogP contribution in [0.3, 0.4) is 0 Å². The summed E-state index contributed by atoms with van der Waals surface area (Å²) in [7, 11) is 0. The van der Waals surface area contributed by atoms with Crippen LogP contribution in [0.5, 0.6) is 0 Å². The molecular weight excluding hydrogens is 265 g/mol. The van der Waals surface area contributed by atoms with Crippen LogP contribution < -0.4 is 0 Å². The molecule has 4 rings (SSSR count). The lowest BCUT2D eigenvalue weighted by molar-refractivity contribution is 0.0947. The van der Waals surface area contributed by atoms with Crippen molar-refractivity contribution in [1.29, 1.82) is 0 Å². The number of benzene rings is 2. The number of hydrogen-bond donors (Lipinski definition) is 1. The standard InChI is InChI=1S/C18H14FNO/c19-14-7-4-8-15-16(14)13(11-20-15)17(21)18(9-10-18)12-5-2-1-3-6-12/h1-8,11,20H,9-10H2. The Morgan fingerprint density at radius 3 is 2.52 bits per heavy atom. The van der Waals surface area contributed by atoms with Crippen LogP contribution in [0.2, 0.25) is 0 Å². The Kier molecular flexibility index (Phi) is 2.52. The van der Waals surface area contributed by atoms with E-state index in [1.165, 1.54) is 6.07 Å². The predicted octanol–water partition coefficient (Wildman–Crippen LogP) is 4.22. The third kappa shape index (κ3) is 1.74. The molecule has 2 nitrogen and oxygen atoms in total. The van der Waals surface area contributed by atoms with Crippen LogP contribution in [-0.4, -0.2) is 10.8 Å². The molecule has 1 aliphatic rings. The Balaban J connectivity index is 1.85.